The van der Waals surface area contributed by atoms with Crippen molar-refractivity contribution in [2.24, 2.45) is 0 Å². The molecule has 1 amide bonds. The number of nitrogens with zero attached hydrogens (tertiary/aromatic N) is 4. The van der Waals surface area contributed by atoms with Gasteiger partial charge < -0.3 is 19.5 Å². The van der Waals surface area contributed by atoms with Crippen LogP contribution in [-0.2, 0) is 6.54 Å². The number of nitrogens with one attached hydrogen (secondary N) is 1. The minimum Gasteiger partial charge on any atom is -0.361 e. The number of aliphatic hydroxyl groups excluding tert-OH is 1. The van der Waals surface area contributed by atoms with E-state index in [1.807, 2.05) is 0 Å². The molecule has 0 saturated heterocycles. The summed E-state index contributed by atoms with van der Waals surface area (Å²) >= 11 is 0. The number of hydrogen-bond acceptors (Lipinski definition) is 6. The molecule has 0 aromatic carbocycles. The van der Waals surface area contributed by atoms with Crippen molar-refractivity contribution in [2.75, 3.05) is 11.9 Å². The molecule has 0 aliphatic carbocycles. The topological polar surface area (TPSA) is 98.5 Å². The fourth-order valence-corrected chi connectivity index (χ4v) is 2.10. The first-order chi connectivity index (χ1) is 9.08. The maximum atomic E-state index is 12.3. The number of hydrogen-bond donors (Lipinski definition) is 2. The van der Waals surface area contributed by atoms with Crippen molar-refractivity contribution in [3.05, 3.63) is 29.5 Å². The van der Waals surface area contributed by atoms with Gasteiger partial charge in [-0.25, -0.2) is 4.98 Å². The van der Waals surface area contributed by atoms with Gasteiger partial charge >= 0.3 is 0 Å². The lowest BCUT2D eigenvalue weighted by molar-refractivity contribution is -0.00118. The number of anilines is 1. The van der Waals surface area contributed by atoms with Crippen LogP contribution in [0.1, 0.15) is 21.9 Å². The molecule has 19 heavy (non-hydrogen) atoms. The molecule has 2 aromatic heterocycles. The van der Waals surface area contributed by atoms with Crippen LogP contribution in [0.15, 0.2) is 16.9 Å². The van der Waals surface area contributed by atoms with Crippen LogP contribution in [0.2, 0.25) is 0 Å². The molecule has 3 heterocycles. The summed E-state index contributed by atoms with van der Waals surface area (Å²) in [5.74, 6) is 0.772. The predicted molar refractivity (Wildman–Crippen MR) is 64.1 cm³/mol. The average Bonchev–Trinajstić information content (AvgIpc) is 3.01. The zero-order valence-corrected chi connectivity index (χ0v) is 10.5. The molecule has 2 aromatic rings. The summed E-state index contributed by atoms with van der Waals surface area (Å²) < 4.78 is 4.95. The number of carbonyl (C=O) groups is 1. The van der Waals surface area contributed by atoms with Crippen molar-refractivity contribution in [2.45, 2.75) is 19.8 Å². The van der Waals surface area contributed by atoms with Crippen LogP contribution in [0.25, 0.3) is 0 Å². The summed E-state index contributed by atoms with van der Waals surface area (Å²) in [7, 11) is 1.66. The molecule has 0 fully saturated rings. The van der Waals surface area contributed by atoms with E-state index in [1.54, 1.807) is 20.0 Å². The molecule has 0 spiro atoms. The van der Waals surface area contributed by atoms with Gasteiger partial charge in [0.25, 0.3) is 5.91 Å². The Balaban J connectivity index is 1.92. The van der Waals surface area contributed by atoms with E-state index in [2.05, 4.69) is 15.1 Å². The quantitative estimate of drug-likeness (QED) is 0.795. The highest BCUT2D eigenvalue weighted by molar-refractivity contribution is 5.98. The summed E-state index contributed by atoms with van der Waals surface area (Å²) in [6.07, 6.45) is 0.343. The lowest BCUT2D eigenvalue weighted by atomic mass is 10.2. The maximum absolute atomic E-state index is 12.3. The van der Waals surface area contributed by atoms with Gasteiger partial charge in [-0.05, 0) is 6.92 Å². The maximum Gasteiger partial charge on any atom is 0.277 e. The Hall–Kier alpha value is -2.35. The summed E-state index contributed by atoms with van der Waals surface area (Å²) in [4.78, 5) is 21.9. The van der Waals surface area contributed by atoms with E-state index < -0.39 is 6.35 Å². The van der Waals surface area contributed by atoms with Gasteiger partial charge in [0.2, 0.25) is 6.35 Å². The van der Waals surface area contributed by atoms with E-state index in [9.17, 15) is 9.90 Å². The Morgan fingerprint density at radius 2 is 2.37 bits per heavy atom. The van der Waals surface area contributed by atoms with Gasteiger partial charge in [-0.1, -0.05) is 5.16 Å². The van der Waals surface area contributed by atoms with Gasteiger partial charge in [0, 0.05) is 13.1 Å². The second-order valence-electron chi connectivity index (χ2n) is 4.42. The summed E-state index contributed by atoms with van der Waals surface area (Å²) in [6.45, 7) is 1.93. The zero-order valence-electron chi connectivity index (χ0n) is 10.5. The fraction of sp³-hybridized carbons (Fsp3) is 0.364. The standard InChI is InChI=1S/C11H13N5O3/c1-6-3-7(14-19-6)4-16-10(17)8-9(13-5-12-8)15(2)11(16)18/h3,5,11,18H,4H2,1-2H3,(H,12,13). The first kappa shape index (κ1) is 11.7. The monoisotopic (exact) mass is 263 g/mol. The molecule has 0 saturated carbocycles. The predicted octanol–water partition coefficient (Wildman–Crippen LogP) is 0.0742. The van der Waals surface area contributed by atoms with E-state index in [-0.39, 0.29) is 12.5 Å². The largest absolute Gasteiger partial charge is 0.361 e. The van der Waals surface area contributed by atoms with E-state index >= 15 is 0 Å². The fourth-order valence-electron chi connectivity index (χ4n) is 2.10. The van der Waals surface area contributed by atoms with Crippen LogP contribution in [0.4, 0.5) is 5.82 Å². The Kier molecular flexibility index (Phi) is 2.53. The third-order valence-corrected chi connectivity index (χ3v) is 3.06. The summed E-state index contributed by atoms with van der Waals surface area (Å²) in [5.41, 5.74) is 0.939. The molecular formula is C11H13N5O3. The molecule has 8 nitrogen and oxygen atoms in total. The molecule has 1 atom stereocenters. The van der Waals surface area contributed by atoms with E-state index in [0.717, 1.165) is 0 Å². The van der Waals surface area contributed by atoms with E-state index in [1.165, 1.54) is 16.1 Å². The van der Waals surface area contributed by atoms with Crippen molar-refractivity contribution in [3.63, 3.8) is 0 Å². The minimum atomic E-state index is -1.08. The van der Waals surface area contributed by atoms with Crippen LogP contribution in [0.5, 0.6) is 0 Å². The second-order valence-corrected chi connectivity index (χ2v) is 4.42. The van der Waals surface area contributed by atoms with Crippen molar-refractivity contribution in [1.29, 1.82) is 0 Å². The van der Waals surface area contributed by atoms with Crippen molar-refractivity contribution < 1.29 is 14.4 Å². The molecule has 1 aliphatic heterocycles. The number of fused-ring (bicyclic) bond motifs is 1. The second kappa shape index (κ2) is 4.09. The lowest BCUT2D eigenvalue weighted by Gasteiger charge is -2.37. The number of aliphatic hydroxyl groups is 1. The van der Waals surface area contributed by atoms with Crippen LogP contribution >= 0.6 is 0 Å². The number of aryl methyl sites for hydroxylation is 1. The highest BCUT2D eigenvalue weighted by Gasteiger charge is 2.37. The SMILES string of the molecule is Cc1cc(CN2C(=O)c3[nH]cnc3N(C)C2O)no1. The third kappa shape index (κ3) is 1.76. The number of aromatic nitrogens is 3. The average molecular weight is 263 g/mol. The number of H-pyrrole nitrogens is 1. The van der Waals surface area contributed by atoms with E-state index in [0.29, 0.717) is 23.0 Å². The lowest BCUT2D eigenvalue weighted by Crippen LogP contribution is -2.53. The first-order valence-corrected chi connectivity index (χ1v) is 5.75. The minimum absolute atomic E-state index is 0.167. The molecule has 100 valence electrons. The van der Waals surface area contributed by atoms with Gasteiger partial charge in [0.05, 0.1) is 12.9 Å². The van der Waals surface area contributed by atoms with Crippen molar-refractivity contribution in [1.82, 2.24) is 20.0 Å². The van der Waals surface area contributed by atoms with Crippen LogP contribution < -0.4 is 4.90 Å². The highest BCUT2D eigenvalue weighted by Crippen LogP contribution is 2.26. The molecule has 0 radical (unpaired) electrons. The number of rotatable bonds is 2. The molecular weight excluding hydrogens is 250 g/mol. The molecule has 3 rings (SSSR count). The zero-order chi connectivity index (χ0) is 13.6. The highest BCUT2D eigenvalue weighted by atomic mass is 16.5. The third-order valence-electron chi connectivity index (χ3n) is 3.06. The van der Waals surface area contributed by atoms with Gasteiger partial charge in [-0.3, -0.25) is 9.69 Å². The summed E-state index contributed by atoms with van der Waals surface area (Å²) in [5, 5.41) is 14.0. The molecule has 8 heteroatoms. The number of aromatic amines is 1. The molecule has 0 bridgehead atoms. The van der Waals surface area contributed by atoms with Gasteiger partial charge in [-0.15, -0.1) is 0 Å². The number of carbonyl (C=O) groups excluding carboxylic acids is 1. The molecule has 1 aliphatic rings. The van der Waals surface area contributed by atoms with Gasteiger partial charge in [0.1, 0.15) is 17.1 Å². The van der Waals surface area contributed by atoms with Gasteiger partial charge in [0.15, 0.2) is 5.82 Å². The Labute approximate surface area is 108 Å². The van der Waals surface area contributed by atoms with Crippen LogP contribution in [-0.4, -0.2) is 44.4 Å². The number of amides is 1. The van der Waals surface area contributed by atoms with Crippen LogP contribution in [0, 0.1) is 6.92 Å². The van der Waals surface area contributed by atoms with Crippen LogP contribution in [0.3, 0.4) is 0 Å². The van der Waals surface area contributed by atoms with Crippen molar-refractivity contribution in [3.8, 4) is 0 Å². The molecule has 2 N–H and O–H groups in total. The van der Waals surface area contributed by atoms with Gasteiger partial charge in [-0.2, -0.15) is 0 Å². The Bertz CT molecular complexity index is 619. The normalized spacial score (nSPS) is 18.9. The van der Waals surface area contributed by atoms with E-state index in [4.69, 9.17) is 4.52 Å². The molecule has 1 unspecified atom stereocenters. The smallest absolute Gasteiger partial charge is 0.277 e. The summed E-state index contributed by atoms with van der Waals surface area (Å²) in [6, 6.07) is 1.72. The number of imidazole rings is 1. The Morgan fingerprint density at radius 1 is 1.58 bits per heavy atom. The Morgan fingerprint density at radius 3 is 3.05 bits per heavy atom. The first-order valence-electron chi connectivity index (χ1n) is 5.75. The van der Waals surface area contributed by atoms with Crippen molar-refractivity contribution >= 4 is 11.7 Å².